The zero-order valence-corrected chi connectivity index (χ0v) is 16.9. The molecular formula is C21H22N2O6. The monoisotopic (exact) mass is 398 g/mol. The molecule has 0 saturated carbocycles. The number of aryl methyl sites for hydroxylation is 2. The van der Waals surface area contributed by atoms with Crippen molar-refractivity contribution in [2.24, 2.45) is 0 Å². The highest BCUT2D eigenvalue weighted by Crippen LogP contribution is 2.29. The zero-order valence-electron chi connectivity index (χ0n) is 16.9. The average Bonchev–Trinajstić information content (AvgIpc) is 3.27. The van der Waals surface area contributed by atoms with Crippen molar-refractivity contribution >= 4 is 11.8 Å². The van der Waals surface area contributed by atoms with Gasteiger partial charge < -0.3 is 18.7 Å². The Balaban J connectivity index is 1.79. The van der Waals surface area contributed by atoms with Crippen LogP contribution in [0.15, 0.2) is 34.9 Å². The minimum atomic E-state index is -0.485. The molecule has 8 heteroatoms. The minimum absolute atomic E-state index is 0.184. The lowest BCUT2D eigenvalue weighted by molar-refractivity contribution is 0.0600. The highest BCUT2D eigenvalue weighted by atomic mass is 16.5. The van der Waals surface area contributed by atoms with Crippen molar-refractivity contribution in [1.82, 2.24) is 9.72 Å². The van der Waals surface area contributed by atoms with Crippen LogP contribution in [0, 0.1) is 20.8 Å². The van der Waals surface area contributed by atoms with Crippen LogP contribution in [0.5, 0.6) is 11.5 Å². The molecule has 0 amide bonds. The molecule has 8 nitrogen and oxygen atoms in total. The van der Waals surface area contributed by atoms with Crippen molar-refractivity contribution in [3.8, 4) is 17.3 Å². The van der Waals surface area contributed by atoms with Crippen molar-refractivity contribution < 1.29 is 28.3 Å². The number of ketones is 1. The summed E-state index contributed by atoms with van der Waals surface area (Å²) in [5.41, 5.74) is 2.47. The second kappa shape index (κ2) is 8.22. The molecule has 0 bridgehead atoms. The zero-order chi connectivity index (χ0) is 21.1. The van der Waals surface area contributed by atoms with Gasteiger partial charge in [-0.15, -0.1) is 0 Å². The van der Waals surface area contributed by atoms with Gasteiger partial charge in [-0.3, -0.25) is 9.36 Å². The first kappa shape index (κ1) is 20.2. The molecule has 3 rings (SSSR count). The van der Waals surface area contributed by atoms with Crippen LogP contribution in [0.3, 0.4) is 0 Å². The van der Waals surface area contributed by atoms with Crippen LogP contribution in [0.25, 0.3) is 5.82 Å². The van der Waals surface area contributed by atoms with Crippen LogP contribution in [0.2, 0.25) is 0 Å². The van der Waals surface area contributed by atoms with Gasteiger partial charge in [0, 0.05) is 23.0 Å². The summed E-state index contributed by atoms with van der Waals surface area (Å²) < 4.78 is 22.6. The number of benzene rings is 1. The van der Waals surface area contributed by atoms with E-state index < -0.39 is 5.97 Å². The number of carbonyl (C=O) groups is 2. The van der Waals surface area contributed by atoms with E-state index >= 15 is 0 Å². The fourth-order valence-corrected chi connectivity index (χ4v) is 3.11. The van der Waals surface area contributed by atoms with Crippen LogP contribution in [0.4, 0.5) is 0 Å². The van der Waals surface area contributed by atoms with Crippen molar-refractivity contribution in [2.45, 2.75) is 20.8 Å². The quantitative estimate of drug-likeness (QED) is 0.444. The van der Waals surface area contributed by atoms with E-state index in [0.717, 1.165) is 11.4 Å². The second-order valence-electron chi connectivity index (χ2n) is 6.49. The van der Waals surface area contributed by atoms with Gasteiger partial charge in [0.15, 0.2) is 23.9 Å². The molecule has 0 aliphatic rings. The average molecular weight is 398 g/mol. The first-order valence-corrected chi connectivity index (χ1v) is 8.90. The number of aromatic nitrogens is 2. The number of ether oxygens (including phenoxy) is 3. The predicted molar refractivity (Wildman–Crippen MR) is 104 cm³/mol. The smallest absolute Gasteiger partial charge is 0.337 e. The standard InChI is InChI=1S/C21H22N2O6/c1-12-8-16(14(3)23(12)20-9-13(2)29-22-20)17(24)11-28-18-7-6-15(21(25)27-5)10-19(18)26-4/h6-10H,11H2,1-5H3. The van der Waals surface area contributed by atoms with E-state index in [1.165, 1.54) is 20.3 Å². The first-order chi connectivity index (χ1) is 13.8. The lowest BCUT2D eigenvalue weighted by Crippen LogP contribution is -2.13. The fraction of sp³-hybridized carbons (Fsp3) is 0.286. The lowest BCUT2D eigenvalue weighted by Gasteiger charge is -2.11. The van der Waals surface area contributed by atoms with Crippen LogP contribution < -0.4 is 9.47 Å². The number of Topliss-reactive ketones (excluding diaryl/α,β-unsaturated/α-hetero) is 1. The van der Waals surface area contributed by atoms with E-state index in [1.54, 1.807) is 24.3 Å². The van der Waals surface area contributed by atoms with Gasteiger partial charge in [0.1, 0.15) is 5.76 Å². The maximum Gasteiger partial charge on any atom is 0.337 e. The van der Waals surface area contributed by atoms with Crippen LogP contribution in [-0.2, 0) is 4.74 Å². The summed E-state index contributed by atoms with van der Waals surface area (Å²) in [7, 11) is 2.76. The van der Waals surface area contributed by atoms with Gasteiger partial charge in [-0.1, -0.05) is 5.16 Å². The van der Waals surface area contributed by atoms with Crippen molar-refractivity contribution in [2.75, 3.05) is 20.8 Å². The largest absolute Gasteiger partial charge is 0.493 e. The van der Waals surface area contributed by atoms with Gasteiger partial charge in [0.05, 0.1) is 19.8 Å². The summed E-state index contributed by atoms with van der Waals surface area (Å²) in [5.74, 6) is 1.33. The lowest BCUT2D eigenvalue weighted by atomic mass is 10.1. The Bertz CT molecular complexity index is 1060. The summed E-state index contributed by atoms with van der Waals surface area (Å²) in [5, 5.41) is 4.02. The SMILES string of the molecule is COC(=O)c1ccc(OCC(=O)c2cc(C)n(-c3cc(C)on3)c2C)c(OC)c1. The molecule has 29 heavy (non-hydrogen) atoms. The van der Waals surface area contributed by atoms with E-state index in [0.29, 0.717) is 34.2 Å². The van der Waals surface area contributed by atoms with Crippen molar-refractivity contribution in [3.05, 3.63) is 58.6 Å². The van der Waals surface area contributed by atoms with Gasteiger partial charge in [0.25, 0.3) is 0 Å². The third-order valence-electron chi connectivity index (χ3n) is 4.52. The van der Waals surface area contributed by atoms with Crippen LogP contribution in [-0.4, -0.2) is 42.3 Å². The first-order valence-electron chi connectivity index (χ1n) is 8.90. The summed E-state index contributed by atoms with van der Waals surface area (Å²) in [4.78, 5) is 24.4. The molecule has 0 fully saturated rings. The van der Waals surface area contributed by atoms with E-state index in [4.69, 9.17) is 18.7 Å². The van der Waals surface area contributed by atoms with E-state index in [9.17, 15) is 9.59 Å². The van der Waals surface area contributed by atoms with Crippen LogP contribution in [0.1, 0.15) is 37.9 Å². The molecule has 0 unspecified atom stereocenters. The molecule has 2 aromatic heterocycles. The highest BCUT2D eigenvalue weighted by Gasteiger charge is 2.20. The number of hydrogen-bond acceptors (Lipinski definition) is 7. The number of hydrogen-bond donors (Lipinski definition) is 0. The molecule has 0 atom stereocenters. The summed E-state index contributed by atoms with van der Waals surface area (Å²) in [6.07, 6.45) is 0. The molecule has 152 valence electrons. The molecule has 2 heterocycles. The molecule has 3 aromatic rings. The normalized spacial score (nSPS) is 10.7. The minimum Gasteiger partial charge on any atom is -0.493 e. The van der Waals surface area contributed by atoms with Gasteiger partial charge in [-0.2, -0.15) is 0 Å². The fourth-order valence-electron chi connectivity index (χ4n) is 3.11. The Morgan fingerprint density at radius 3 is 2.45 bits per heavy atom. The van der Waals surface area contributed by atoms with E-state index in [2.05, 4.69) is 5.16 Å². The van der Waals surface area contributed by atoms with Gasteiger partial charge in [-0.05, 0) is 45.0 Å². The van der Waals surface area contributed by atoms with Gasteiger partial charge in [0.2, 0.25) is 5.78 Å². The Hall–Kier alpha value is -3.55. The molecule has 0 spiro atoms. The highest BCUT2D eigenvalue weighted by molar-refractivity contribution is 5.99. The number of nitrogens with zero attached hydrogens (tertiary/aromatic N) is 2. The molecular weight excluding hydrogens is 376 g/mol. The second-order valence-corrected chi connectivity index (χ2v) is 6.49. The Morgan fingerprint density at radius 1 is 1.07 bits per heavy atom. The Kier molecular flexibility index (Phi) is 5.72. The molecule has 0 aliphatic carbocycles. The topological polar surface area (TPSA) is 92.8 Å². The third-order valence-corrected chi connectivity index (χ3v) is 4.52. The summed E-state index contributed by atoms with van der Waals surface area (Å²) >= 11 is 0. The maximum absolute atomic E-state index is 12.8. The molecule has 0 aliphatic heterocycles. The number of methoxy groups -OCH3 is 2. The number of esters is 1. The maximum atomic E-state index is 12.8. The Morgan fingerprint density at radius 2 is 1.83 bits per heavy atom. The van der Waals surface area contributed by atoms with Gasteiger partial charge in [-0.25, -0.2) is 4.79 Å². The van der Waals surface area contributed by atoms with Crippen LogP contribution >= 0.6 is 0 Å². The third kappa shape index (κ3) is 4.01. The molecule has 0 N–H and O–H groups in total. The van der Waals surface area contributed by atoms with Crippen molar-refractivity contribution in [3.63, 3.8) is 0 Å². The van der Waals surface area contributed by atoms with Crippen molar-refractivity contribution in [1.29, 1.82) is 0 Å². The Labute approximate surface area is 168 Å². The molecule has 0 saturated heterocycles. The number of rotatable bonds is 7. The number of carbonyl (C=O) groups excluding carboxylic acids is 2. The molecule has 0 radical (unpaired) electrons. The predicted octanol–water partition coefficient (Wildman–Crippen LogP) is 3.45. The van der Waals surface area contributed by atoms with E-state index in [-0.39, 0.29) is 12.4 Å². The van der Waals surface area contributed by atoms with E-state index in [1.807, 2.05) is 25.3 Å². The summed E-state index contributed by atoms with van der Waals surface area (Å²) in [6.45, 7) is 5.36. The molecule has 1 aromatic carbocycles. The summed E-state index contributed by atoms with van der Waals surface area (Å²) in [6, 6.07) is 8.22. The van der Waals surface area contributed by atoms with Gasteiger partial charge >= 0.3 is 5.97 Å².